The highest BCUT2D eigenvalue weighted by Crippen LogP contribution is 2.08. The van der Waals surface area contributed by atoms with Crippen LogP contribution in [0.2, 0.25) is 0 Å². The summed E-state index contributed by atoms with van der Waals surface area (Å²) < 4.78 is 1.14. The molecule has 0 spiro atoms. The lowest BCUT2D eigenvalue weighted by atomic mass is 10.2. The van der Waals surface area contributed by atoms with Crippen molar-refractivity contribution in [3.8, 4) is 0 Å². The topological polar surface area (TPSA) is 26.0 Å². The first-order valence-corrected chi connectivity index (χ1v) is 7.85. The van der Waals surface area contributed by atoms with Gasteiger partial charge < -0.3 is 5.73 Å². The van der Waals surface area contributed by atoms with Crippen LogP contribution in [0, 0.1) is 6.92 Å². The molecule has 0 saturated carbocycles. The van der Waals surface area contributed by atoms with E-state index in [4.69, 9.17) is 0 Å². The molecule has 0 saturated heterocycles. The summed E-state index contributed by atoms with van der Waals surface area (Å²) in [6, 6.07) is 18.7. The van der Waals surface area contributed by atoms with Crippen LogP contribution in [-0.4, -0.2) is 7.05 Å². The van der Waals surface area contributed by atoms with Gasteiger partial charge >= 0.3 is 0 Å². The molecule has 0 aromatic heterocycles. The van der Waals surface area contributed by atoms with Gasteiger partial charge in [-0.3, -0.25) is 0 Å². The normalized spacial score (nSPS) is 7.95. The summed E-state index contributed by atoms with van der Waals surface area (Å²) in [5.74, 6) is 0. The molecule has 0 atom stereocenters. The van der Waals surface area contributed by atoms with Crippen LogP contribution in [0.4, 0.5) is 0 Å². The maximum Gasteiger partial charge on any atom is 0.0175 e. The van der Waals surface area contributed by atoms with Crippen LogP contribution in [-0.2, 0) is 6.42 Å². The Hall–Kier alpha value is -1.12. The number of nitrogens with two attached hydrogens (primary N) is 1. The first kappa shape index (κ1) is 21.2. The Balaban J connectivity index is 0. The van der Waals surface area contributed by atoms with Gasteiger partial charge in [0, 0.05) is 4.47 Å². The molecule has 0 bridgehead atoms. The number of benzene rings is 2. The first-order valence-electron chi connectivity index (χ1n) is 7.06. The fourth-order valence-corrected chi connectivity index (χ4v) is 1.51. The number of hydrogen-bond donors (Lipinski definition) is 1. The molecule has 1 nitrogen and oxygen atoms in total. The number of aryl methyl sites for hydroxylation is 2. The van der Waals surface area contributed by atoms with E-state index in [9.17, 15) is 0 Å². The van der Waals surface area contributed by atoms with Gasteiger partial charge in [0.25, 0.3) is 0 Å². The highest BCUT2D eigenvalue weighted by Gasteiger charge is 1.81. The van der Waals surface area contributed by atoms with Crippen molar-refractivity contribution in [2.75, 3.05) is 7.05 Å². The molecule has 0 aliphatic carbocycles. The minimum atomic E-state index is 1.14. The molecule has 112 valence electrons. The fraction of sp³-hybridized carbons (Fsp3) is 0.333. The van der Waals surface area contributed by atoms with E-state index < -0.39 is 0 Å². The molecule has 2 N–H and O–H groups in total. The Morgan fingerprint density at radius 3 is 1.60 bits per heavy atom. The Kier molecular flexibility index (Phi) is 16.9. The maximum atomic E-state index is 4.50. The molecule has 2 aromatic rings. The Morgan fingerprint density at radius 1 is 0.850 bits per heavy atom. The Labute approximate surface area is 133 Å². The molecule has 0 aliphatic rings. The molecule has 2 aromatic carbocycles. The summed E-state index contributed by atoms with van der Waals surface area (Å²) in [4.78, 5) is 0. The van der Waals surface area contributed by atoms with E-state index in [2.05, 4.69) is 71.9 Å². The van der Waals surface area contributed by atoms with Crippen LogP contribution in [0.3, 0.4) is 0 Å². The second-order valence-electron chi connectivity index (χ2n) is 3.63. The van der Waals surface area contributed by atoms with Crippen molar-refractivity contribution < 1.29 is 0 Å². The van der Waals surface area contributed by atoms with E-state index in [0.717, 1.165) is 10.9 Å². The van der Waals surface area contributed by atoms with Crippen molar-refractivity contribution >= 4 is 15.9 Å². The number of hydrogen-bond acceptors (Lipinski definition) is 1. The minimum absolute atomic E-state index is 1.14. The van der Waals surface area contributed by atoms with E-state index in [-0.39, 0.29) is 0 Å². The highest BCUT2D eigenvalue weighted by atomic mass is 79.9. The zero-order valence-electron chi connectivity index (χ0n) is 13.4. The summed E-state index contributed by atoms with van der Waals surface area (Å²) in [5.41, 5.74) is 7.21. The van der Waals surface area contributed by atoms with Gasteiger partial charge in [-0.25, -0.2) is 0 Å². The standard InChI is InChI=1S/C8H10.C7H7Br.C2H6.CH5N/c1-2-8-6-4-3-5-7-8;1-6-2-4-7(8)5-3-6;2*1-2/h3-7H,2H2,1H3;2-5H,1H3;1-2H3;2H2,1H3. The molecule has 0 fully saturated rings. The Bertz CT molecular complexity index is 375. The predicted molar refractivity (Wildman–Crippen MR) is 96.2 cm³/mol. The average Bonchev–Trinajstić information content (AvgIpc) is 2.55. The molecule has 0 amide bonds. The van der Waals surface area contributed by atoms with E-state index >= 15 is 0 Å². The van der Waals surface area contributed by atoms with Gasteiger partial charge in [-0.15, -0.1) is 0 Å². The molecule has 2 heteroatoms. The van der Waals surface area contributed by atoms with Crippen molar-refractivity contribution in [1.29, 1.82) is 0 Å². The van der Waals surface area contributed by atoms with E-state index in [1.807, 2.05) is 32.0 Å². The maximum absolute atomic E-state index is 4.50. The quantitative estimate of drug-likeness (QED) is 0.719. The van der Waals surface area contributed by atoms with Gasteiger partial charge in [-0.2, -0.15) is 0 Å². The number of rotatable bonds is 1. The summed E-state index contributed by atoms with van der Waals surface area (Å²) in [7, 11) is 1.50. The van der Waals surface area contributed by atoms with Gasteiger partial charge in [0.2, 0.25) is 0 Å². The van der Waals surface area contributed by atoms with Crippen LogP contribution in [0.15, 0.2) is 59.1 Å². The smallest absolute Gasteiger partial charge is 0.0175 e. The summed E-state index contributed by atoms with van der Waals surface area (Å²) >= 11 is 3.35. The second-order valence-corrected chi connectivity index (χ2v) is 4.55. The molecule has 0 unspecified atom stereocenters. The summed E-state index contributed by atoms with van der Waals surface area (Å²) in [6.45, 7) is 8.24. The zero-order chi connectivity index (χ0) is 15.8. The van der Waals surface area contributed by atoms with Gasteiger partial charge in [0.1, 0.15) is 0 Å². The molecular weight excluding hydrogens is 310 g/mol. The minimum Gasteiger partial charge on any atom is -0.333 e. The predicted octanol–water partition coefficient (Wildman–Crippen LogP) is 5.61. The van der Waals surface area contributed by atoms with Crippen LogP contribution in [0.5, 0.6) is 0 Å². The SMILES string of the molecule is CC.CCc1ccccc1.CN.Cc1ccc(Br)cc1. The summed E-state index contributed by atoms with van der Waals surface area (Å²) in [5, 5.41) is 0. The van der Waals surface area contributed by atoms with E-state index in [0.29, 0.717) is 0 Å². The molecule has 0 aliphatic heterocycles. The van der Waals surface area contributed by atoms with Crippen LogP contribution in [0.25, 0.3) is 0 Å². The van der Waals surface area contributed by atoms with Gasteiger partial charge in [0.05, 0.1) is 0 Å². The van der Waals surface area contributed by atoms with E-state index in [1.54, 1.807) is 0 Å². The van der Waals surface area contributed by atoms with Crippen molar-refractivity contribution in [3.63, 3.8) is 0 Å². The van der Waals surface area contributed by atoms with Crippen molar-refractivity contribution in [2.24, 2.45) is 5.73 Å². The highest BCUT2D eigenvalue weighted by molar-refractivity contribution is 9.10. The lowest BCUT2D eigenvalue weighted by Crippen LogP contribution is -1.73. The third-order valence-electron chi connectivity index (χ3n) is 2.26. The third kappa shape index (κ3) is 11.9. The average molecular weight is 338 g/mol. The van der Waals surface area contributed by atoms with Crippen molar-refractivity contribution in [1.82, 2.24) is 0 Å². The van der Waals surface area contributed by atoms with Gasteiger partial charge in [0.15, 0.2) is 0 Å². The monoisotopic (exact) mass is 337 g/mol. The third-order valence-corrected chi connectivity index (χ3v) is 2.79. The van der Waals surface area contributed by atoms with Crippen molar-refractivity contribution in [3.05, 3.63) is 70.2 Å². The van der Waals surface area contributed by atoms with Crippen molar-refractivity contribution in [2.45, 2.75) is 34.1 Å². The van der Waals surface area contributed by atoms with Crippen LogP contribution < -0.4 is 5.73 Å². The fourth-order valence-electron chi connectivity index (χ4n) is 1.25. The van der Waals surface area contributed by atoms with E-state index in [1.165, 1.54) is 18.2 Å². The molecule has 2 rings (SSSR count). The lowest BCUT2D eigenvalue weighted by molar-refractivity contribution is 1.14. The first-order chi connectivity index (χ1) is 9.72. The number of halogens is 1. The molecular formula is C18H28BrN. The van der Waals surface area contributed by atoms with Gasteiger partial charge in [-0.05, 0) is 38.1 Å². The lowest BCUT2D eigenvalue weighted by Gasteiger charge is -1.89. The molecule has 0 radical (unpaired) electrons. The van der Waals surface area contributed by atoms with Crippen LogP contribution >= 0.6 is 15.9 Å². The largest absolute Gasteiger partial charge is 0.333 e. The molecule has 0 heterocycles. The summed E-state index contributed by atoms with van der Waals surface area (Å²) in [6.07, 6.45) is 1.14. The zero-order valence-corrected chi connectivity index (χ0v) is 14.9. The van der Waals surface area contributed by atoms with Gasteiger partial charge in [-0.1, -0.05) is 84.7 Å². The second kappa shape index (κ2) is 15.9. The molecule has 20 heavy (non-hydrogen) atoms. The van der Waals surface area contributed by atoms with Crippen LogP contribution in [0.1, 0.15) is 31.9 Å². The Morgan fingerprint density at radius 2 is 1.30 bits per heavy atom.